The monoisotopic (exact) mass is 205 g/mol. The highest BCUT2D eigenvalue weighted by molar-refractivity contribution is 5.74. The normalized spacial score (nSPS) is 23.1. The van der Waals surface area contributed by atoms with Gasteiger partial charge < -0.3 is 4.90 Å². The third-order valence-corrected chi connectivity index (χ3v) is 2.72. The average molecular weight is 205 g/mol. The van der Waals surface area contributed by atoms with E-state index < -0.39 is 11.5 Å². The highest BCUT2D eigenvalue weighted by Crippen LogP contribution is 2.49. The number of nitrogens with zero attached hydrogens (tertiary/aromatic N) is 1. The van der Waals surface area contributed by atoms with Crippen molar-refractivity contribution in [3.63, 3.8) is 0 Å². The van der Waals surface area contributed by atoms with E-state index in [1.807, 2.05) is 13.8 Å². The summed E-state index contributed by atoms with van der Waals surface area (Å²) >= 11 is 0. The lowest BCUT2D eigenvalue weighted by molar-refractivity contribution is -0.183. The van der Waals surface area contributed by atoms with Crippen molar-refractivity contribution in [2.24, 2.45) is 0 Å². The van der Waals surface area contributed by atoms with E-state index in [0.29, 0.717) is 0 Å². The van der Waals surface area contributed by atoms with Crippen LogP contribution in [0.2, 0.25) is 0 Å². The second-order valence-electron chi connectivity index (χ2n) is 4.69. The van der Waals surface area contributed by atoms with Gasteiger partial charge in [0, 0.05) is 25.8 Å². The summed E-state index contributed by atoms with van der Waals surface area (Å²) in [6.07, 6.45) is -0.421. The van der Waals surface area contributed by atoms with Crippen molar-refractivity contribution in [2.75, 3.05) is 0 Å². The van der Waals surface area contributed by atoms with E-state index in [0.717, 1.165) is 0 Å². The van der Waals surface area contributed by atoms with Gasteiger partial charge in [0.05, 0.1) is 5.54 Å². The predicted molar refractivity (Wildman–Crippen MR) is 50.2 cm³/mol. The molecule has 0 aliphatic heterocycles. The second-order valence-corrected chi connectivity index (χ2v) is 4.69. The van der Waals surface area contributed by atoms with Crippen LogP contribution in [0.3, 0.4) is 0 Å². The summed E-state index contributed by atoms with van der Waals surface area (Å²) < 4.78 is 25.6. The molecule has 4 heteroatoms. The molecular formula is C10H17F2NO. The molecular weight excluding hydrogens is 188 g/mol. The van der Waals surface area contributed by atoms with Gasteiger partial charge in [-0.25, -0.2) is 8.78 Å². The molecule has 0 bridgehead atoms. The van der Waals surface area contributed by atoms with Crippen molar-refractivity contribution >= 4 is 5.91 Å². The van der Waals surface area contributed by atoms with E-state index in [9.17, 15) is 13.6 Å². The third-order valence-electron chi connectivity index (χ3n) is 2.72. The van der Waals surface area contributed by atoms with Crippen LogP contribution in [0.25, 0.3) is 0 Å². The predicted octanol–water partition coefficient (Wildman–Crippen LogP) is 2.43. The maximum absolute atomic E-state index is 12.8. The van der Waals surface area contributed by atoms with Crippen LogP contribution in [0.1, 0.15) is 40.5 Å². The van der Waals surface area contributed by atoms with Gasteiger partial charge in [-0.05, 0) is 20.8 Å². The number of carbonyl (C=O) groups is 1. The summed E-state index contributed by atoms with van der Waals surface area (Å²) in [5.74, 6) is -2.71. The average Bonchev–Trinajstić information content (AvgIpc) is 1.77. The summed E-state index contributed by atoms with van der Waals surface area (Å²) in [5.41, 5.74) is -0.649. The molecule has 0 saturated heterocycles. The molecule has 0 atom stereocenters. The molecule has 1 amide bonds. The maximum atomic E-state index is 12.8. The fourth-order valence-corrected chi connectivity index (χ4v) is 2.60. The number of amides is 1. The van der Waals surface area contributed by atoms with E-state index in [1.54, 1.807) is 11.8 Å². The largest absolute Gasteiger partial charge is 0.335 e. The molecule has 0 aromatic rings. The zero-order chi connectivity index (χ0) is 11.1. The number of hydrogen-bond donors (Lipinski definition) is 0. The molecule has 0 N–H and O–H groups in total. The first-order valence-electron chi connectivity index (χ1n) is 4.86. The van der Waals surface area contributed by atoms with Crippen LogP contribution in [-0.4, -0.2) is 28.3 Å². The molecule has 1 rings (SSSR count). The fraction of sp³-hybridized carbons (Fsp3) is 0.900. The first kappa shape index (κ1) is 11.4. The van der Waals surface area contributed by atoms with Gasteiger partial charge in [-0.2, -0.15) is 0 Å². The lowest BCUT2D eigenvalue weighted by Crippen LogP contribution is -2.63. The quantitative estimate of drug-likeness (QED) is 0.678. The van der Waals surface area contributed by atoms with Crippen molar-refractivity contribution < 1.29 is 13.6 Å². The molecule has 0 unspecified atom stereocenters. The van der Waals surface area contributed by atoms with E-state index in [4.69, 9.17) is 0 Å². The van der Waals surface area contributed by atoms with Gasteiger partial charge in [-0.1, -0.05) is 0 Å². The molecule has 0 radical (unpaired) electrons. The minimum atomic E-state index is -2.59. The lowest BCUT2D eigenvalue weighted by Gasteiger charge is -2.53. The summed E-state index contributed by atoms with van der Waals surface area (Å²) in [4.78, 5) is 12.9. The second kappa shape index (κ2) is 3.17. The van der Waals surface area contributed by atoms with Gasteiger partial charge in [0.15, 0.2) is 0 Å². The van der Waals surface area contributed by atoms with E-state index in [1.165, 1.54) is 6.92 Å². The molecule has 0 spiro atoms. The van der Waals surface area contributed by atoms with Gasteiger partial charge in [0.2, 0.25) is 5.91 Å². The molecule has 1 aliphatic carbocycles. The third kappa shape index (κ3) is 1.88. The Bertz CT molecular complexity index is 243. The van der Waals surface area contributed by atoms with Crippen LogP contribution >= 0.6 is 0 Å². The van der Waals surface area contributed by atoms with Gasteiger partial charge in [0.1, 0.15) is 0 Å². The molecule has 2 nitrogen and oxygen atoms in total. The van der Waals surface area contributed by atoms with Gasteiger partial charge >= 0.3 is 0 Å². The van der Waals surface area contributed by atoms with Crippen molar-refractivity contribution in [3.8, 4) is 0 Å². The van der Waals surface area contributed by atoms with Gasteiger partial charge in [-0.15, -0.1) is 0 Å². The van der Waals surface area contributed by atoms with Crippen LogP contribution < -0.4 is 0 Å². The highest BCUT2D eigenvalue weighted by Gasteiger charge is 2.57. The smallest absolute Gasteiger partial charge is 0.252 e. The van der Waals surface area contributed by atoms with Crippen LogP contribution in [-0.2, 0) is 4.79 Å². The van der Waals surface area contributed by atoms with Gasteiger partial charge in [-0.3, -0.25) is 4.79 Å². The molecule has 0 heterocycles. The number of alkyl halides is 2. The Morgan fingerprint density at radius 2 is 1.79 bits per heavy atom. The summed E-state index contributed by atoms with van der Waals surface area (Å²) in [7, 11) is 0. The SMILES string of the molecule is CC(=O)N(C(C)C)C1(C)CC(F)(F)C1. The van der Waals surface area contributed by atoms with Crippen LogP contribution in [0, 0.1) is 0 Å². The number of halogens is 2. The minimum Gasteiger partial charge on any atom is -0.335 e. The Labute approximate surface area is 83.3 Å². The lowest BCUT2D eigenvalue weighted by atomic mass is 9.73. The molecule has 82 valence electrons. The Hall–Kier alpha value is -0.670. The Morgan fingerprint density at radius 3 is 2.00 bits per heavy atom. The Balaban J connectivity index is 2.77. The first-order chi connectivity index (χ1) is 6.18. The standard InChI is InChI=1S/C10H17F2NO/c1-7(2)13(8(3)14)9(4)5-10(11,12)6-9/h7H,5-6H2,1-4H3. The molecule has 0 aromatic carbocycles. The topological polar surface area (TPSA) is 20.3 Å². The van der Waals surface area contributed by atoms with E-state index in [2.05, 4.69) is 0 Å². The molecule has 14 heavy (non-hydrogen) atoms. The van der Waals surface area contributed by atoms with Crippen molar-refractivity contribution in [3.05, 3.63) is 0 Å². The molecule has 0 aromatic heterocycles. The van der Waals surface area contributed by atoms with Crippen LogP contribution in [0.4, 0.5) is 8.78 Å². The Kier molecular flexibility index (Phi) is 2.59. The van der Waals surface area contributed by atoms with Crippen molar-refractivity contribution in [2.45, 2.75) is 58.0 Å². The molecule has 1 saturated carbocycles. The van der Waals surface area contributed by atoms with Gasteiger partial charge in [0.25, 0.3) is 5.92 Å². The molecule has 1 fully saturated rings. The zero-order valence-electron chi connectivity index (χ0n) is 9.10. The van der Waals surface area contributed by atoms with E-state index in [-0.39, 0.29) is 24.8 Å². The maximum Gasteiger partial charge on any atom is 0.252 e. The first-order valence-corrected chi connectivity index (χ1v) is 4.86. The molecule has 1 aliphatic rings. The van der Waals surface area contributed by atoms with E-state index >= 15 is 0 Å². The zero-order valence-corrected chi connectivity index (χ0v) is 9.10. The van der Waals surface area contributed by atoms with Crippen LogP contribution in [0.15, 0.2) is 0 Å². The van der Waals surface area contributed by atoms with Crippen LogP contribution in [0.5, 0.6) is 0 Å². The number of rotatable bonds is 2. The summed E-state index contributed by atoms with van der Waals surface area (Å²) in [6.45, 7) is 6.86. The Morgan fingerprint density at radius 1 is 1.36 bits per heavy atom. The summed E-state index contributed by atoms with van der Waals surface area (Å²) in [6, 6.07) is -0.0198. The number of hydrogen-bond acceptors (Lipinski definition) is 1. The number of carbonyl (C=O) groups excluding carboxylic acids is 1. The van der Waals surface area contributed by atoms with Crippen molar-refractivity contribution in [1.82, 2.24) is 4.90 Å². The minimum absolute atomic E-state index is 0.0198. The van der Waals surface area contributed by atoms with Crippen molar-refractivity contribution in [1.29, 1.82) is 0 Å². The highest BCUT2D eigenvalue weighted by atomic mass is 19.3. The fourth-order valence-electron chi connectivity index (χ4n) is 2.60. The summed E-state index contributed by atoms with van der Waals surface area (Å²) in [5, 5.41) is 0.